The molecule has 0 spiro atoms. The summed E-state index contributed by atoms with van der Waals surface area (Å²) in [5, 5.41) is 7.27. The number of hydrogen-bond acceptors (Lipinski definition) is 11. The van der Waals surface area contributed by atoms with Gasteiger partial charge in [0.1, 0.15) is 18.7 Å². The van der Waals surface area contributed by atoms with Crippen LogP contribution in [-0.2, 0) is 4.57 Å². The summed E-state index contributed by atoms with van der Waals surface area (Å²) in [6, 6.07) is 9.20. The molecule has 4 heterocycles. The highest BCUT2D eigenvalue weighted by Gasteiger charge is 2.35. The highest BCUT2D eigenvalue weighted by atomic mass is 79.9. The minimum absolute atomic E-state index is 0.103. The van der Waals surface area contributed by atoms with E-state index in [4.69, 9.17) is 19.2 Å². The number of benzene rings is 2. The van der Waals surface area contributed by atoms with E-state index >= 15 is 0 Å². The zero-order chi connectivity index (χ0) is 31.2. The summed E-state index contributed by atoms with van der Waals surface area (Å²) < 4.78 is 31.0. The maximum atomic E-state index is 13.3. The molecule has 0 saturated carbocycles. The largest absolute Gasteiger partial charge is 0.494 e. The molecule has 0 bridgehead atoms. The normalized spacial score (nSPS) is 17.6. The van der Waals surface area contributed by atoms with E-state index in [2.05, 4.69) is 79.4 Å². The van der Waals surface area contributed by atoms with Crippen LogP contribution < -0.4 is 35.0 Å². The lowest BCUT2D eigenvalue weighted by molar-refractivity contribution is 0.0188. The Morgan fingerprint density at radius 3 is 2.52 bits per heavy atom. The van der Waals surface area contributed by atoms with Gasteiger partial charge >= 0.3 is 0 Å². The number of nitrogens with zero attached hydrogens (tertiary/aromatic N) is 5. The number of hydrogen-bond donors (Lipinski definition) is 2. The van der Waals surface area contributed by atoms with Crippen molar-refractivity contribution in [2.24, 2.45) is 0 Å². The molecule has 1 aromatic heterocycles. The van der Waals surface area contributed by atoms with Crippen molar-refractivity contribution in [3.05, 3.63) is 40.5 Å². The van der Waals surface area contributed by atoms with E-state index in [1.165, 1.54) is 31.6 Å². The van der Waals surface area contributed by atoms with Crippen molar-refractivity contribution in [2.45, 2.75) is 31.8 Å². The van der Waals surface area contributed by atoms with E-state index in [-0.39, 0.29) is 6.79 Å². The number of ether oxygens (including phenoxy) is 3. The Balaban J connectivity index is 1.18. The predicted molar refractivity (Wildman–Crippen MR) is 180 cm³/mol. The van der Waals surface area contributed by atoms with Crippen LogP contribution in [-0.4, -0.2) is 99.4 Å². The first-order valence-electron chi connectivity index (χ1n) is 14.9. The number of aromatic nitrogens is 2. The highest BCUT2D eigenvalue weighted by Crippen LogP contribution is 2.47. The maximum absolute atomic E-state index is 13.3. The molecule has 0 amide bonds. The van der Waals surface area contributed by atoms with E-state index < -0.39 is 7.14 Å². The third-order valence-corrected chi connectivity index (χ3v) is 10.9. The zero-order valence-corrected chi connectivity index (χ0v) is 28.7. The number of likely N-dealkylation sites (N-methyl/N-ethyl adjacent to an activating group) is 1. The van der Waals surface area contributed by atoms with Gasteiger partial charge in [0, 0.05) is 56.2 Å². The van der Waals surface area contributed by atoms with Gasteiger partial charge in [-0.15, -0.1) is 0 Å². The fourth-order valence-corrected chi connectivity index (χ4v) is 7.89. The van der Waals surface area contributed by atoms with Crippen molar-refractivity contribution >= 4 is 57.2 Å². The van der Waals surface area contributed by atoms with E-state index in [9.17, 15) is 4.57 Å². The second-order valence-corrected chi connectivity index (χ2v) is 16.3. The summed E-state index contributed by atoms with van der Waals surface area (Å²) in [5.41, 5.74) is 3.77. The van der Waals surface area contributed by atoms with Gasteiger partial charge in [-0.3, -0.25) is 4.90 Å². The van der Waals surface area contributed by atoms with Gasteiger partial charge in [-0.1, -0.05) is 0 Å². The van der Waals surface area contributed by atoms with Gasteiger partial charge in [-0.2, -0.15) is 4.98 Å². The summed E-state index contributed by atoms with van der Waals surface area (Å²) >= 11 is 3.56. The molecule has 0 aliphatic carbocycles. The fraction of sp³-hybridized carbons (Fsp3) is 0.484. The van der Waals surface area contributed by atoms with Crippen molar-refractivity contribution in [3.63, 3.8) is 0 Å². The monoisotopic (exact) mass is 685 g/mol. The summed E-state index contributed by atoms with van der Waals surface area (Å²) in [6.45, 7) is 10.1. The van der Waals surface area contributed by atoms with Gasteiger partial charge in [0.25, 0.3) is 0 Å². The molecular formula is C31H41BrN7O4P. The van der Waals surface area contributed by atoms with Crippen molar-refractivity contribution < 1.29 is 18.8 Å². The number of likely N-dealkylation sites (tertiary alicyclic amines) is 1. The van der Waals surface area contributed by atoms with Gasteiger partial charge in [0.05, 0.1) is 28.3 Å². The van der Waals surface area contributed by atoms with Gasteiger partial charge in [0.15, 0.2) is 11.5 Å². The van der Waals surface area contributed by atoms with Gasteiger partial charge in [-0.25, -0.2) is 4.98 Å². The topological polar surface area (TPSA) is 104 Å². The van der Waals surface area contributed by atoms with Crippen molar-refractivity contribution in [1.29, 1.82) is 0 Å². The maximum Gasteiger partial charge on any atom is 0.231 e. The molecule has 44 heavy (non-hydrogen) atoms. The lowest BCUT2D eigenvalue weighted by Crippen LogP contribution is -2.62. The average Bonchev–Trinajstić information content (AvgIpc) is 3.42. The number of piperidine rings is 1. The van der Waals surface area contributed by atoms with Crippen LogP contribution in [0.15, 0.2) is 34.9 Å². The SMILES string of the molecule is COc1cc(N2CCC(N3CC(N(C)C)C3)CC2)c(C)cc1Nc1ncc(Br)c(Nc2ccc3c(c2P(C)(C)=O)OCO3)n1. The Labute approximate surface area is 267 Å². The molecule has 2 fully saturated rings. The van der Waals surface area contributed by atoms with Gasteiger partial charge < -0.3 is 39.2 Å². The summed E-state index contributed by atoms with van der Waals surface area (Å²) in [4.78, 5) is 16.7. The Kier molecular flexibility index (Phi) is 8.71. The standard InChI is InChI=1S/C31H41BrN7O4P/c1-19-13-24(27(41-4)14-25(19)38-11-9-20(10-12-38)39-16-21(17-39)37(2)3)35-31-33-15-22(32)30(36-31)34-23-7-8-26-28(43-18-42-26)29(23)44(5,6)40/h7-8,13-15,20-21H,9-12,16-18H2,1-6H3,(H2,33,34,35,36). The van der Waals surface area contributed by atoms with Crippen LogP contribution in [0.1, 0.15) is 18.4 Å². The molecule has 0 unspecified atom stereocenters. The second-order valence-electron chi connectivity index (χ2n) is 12.3. The van der Waals surface area contributed by atoms with Gasteiger partial charge in [0.2, 0.25) is 12.7 Å². The first-order chi connectivity index (χ1) is 21.0. The van der Waals surface area contributed by atoms with Crippen molar-refractivity contribution in [1.82, 2.24) is 19.8 Å². The fourth-order valence-electron chi connectivity index (χ4n) is 6.23. The van der Waals surface area contributed by atoms with E-state index in [1.807, 2.05) is 6.07 Å². The Morgan fingerprint density at radius 1 is 1.09 bits per heavy atom. The molecule has 6 rings (SSSR count). The molecule has 2 saturated heterocycles. The Bertz CT molecular complexity index is 1590. The predicted octanol–water partition coefficient (Wildman–Crippen LogP) is 5.23. The van der Waals surface area contributed by atoms with Crippen molar-refractivity contribution in [3.8, 4) is 17.2 Å². The summed E-state index contributed by atoms with van der Waals surface area (Å²) in [7, 11) is 3.30. The first kappa shape index (κ1) is 31.0. The summed E-state index contributed by atoms with van der Waals surface area (Å²) in [5.74, 6) is 2.73. The molecule has 11 nitrogen and oxygen atoms in total. The molecule has 0 atom stereocenters. The molecular weight excluding hydrogens is 645 g/mol. The molecule has 236 valence electrons. The Morgan fingerprint density at radius 2 is 1.84 bits per heavy atom. The minimum atomic E-state index is -2.73. The third kappa shape index (κ3) is 6.22. The van der Waals surface area contributed by atoms with Crippen molar-refractivity contribution in [2.75, 3.05) is 83.0 Å². The van der Waals surface area contributed by atoms with E-state index in [0.29, 0.717) is 50.8 Å². The molecule has 0 radical (unpaired) electrons. The van der Waals surface area contributed by atoms with E-state index in [0.717, 1.165) is 30.1 Å². The molecule has 2 aromatic carbocycles. The van der Waals surface area contributed by atoms with Crippen LogP contribution in [0.3, 0.4) is 0 Å². The number of fused-ring (bicyclic) bond motifs is 1. The van der Waals surface area contributed by atoms with Gasteiger partial charge in [-0.05, 0) is 86.9 Å². The lowest BCUT2D eigenvalue weighted by atomic mass is 9.96. The number of halogens is 1. The van der Waals surface area contributed by atoms with E-state index in [1.54, 1.807) is 32.7 Å². The molecule has 2 N–H and O–H groups in total. The first-order valence-corrected chi connectivity index (χ1v) is 18.3. The number of nitrogens with one attached hydrogen (secondary N) is 2. The number of methoxy groups -OCH3 is 1. The third-order valence-electron chi connectivity index (χ3n) is 8.76. The number of anilines is 5. The van der Waals surface area contributed by atoms with Crippen LogP contribution in [0, 0.1) is 6.92 Å². The summed E-state index contributed by atoms with van der Waals surface area (Å²) in [6.07, 6.45) is 4.01. The lowest BCUT2D eigenvalue weighted by Gasteiger charge is -2.49. The second kappa shape index (κ2) is 12.4. The molecule has 13 heteroatoms. The average molecular weight is 687 g/mol. The number of rotatable bonds is 9. The molecule has 3 aromatic rings. The zero-order valence-electron chi connectivity index (χ0n) is 26.2. The number of aryl methyl sites for hydroxylation is 1. The quantitative estimate of drug-likeness (QED) is 0.289. The smallest absolute Gasteiger partial charge is 0.231 e. The van der Waals surface area contributed by atoms with Crippen LogP contribution >= 0.6 is 23.1 Å². The molecule has 3 aliphatic rings. The Hall–Kier alpha value is -3.05. The minimum Gasteiger partial charge on any atom is -0.494 e. The molecule has 3 aliphatic heterocycles. The highest BCUT2D eigenvalue weighted by molar-refractivity contribution is 9.10. The van der Waals surface area contributed by atoms with Crippen LogP contribution in [0.5, 0.6) is 17.2 Å². The van der Waals surface area contributed by atoms with Crippen LogP contribution in [0.25, 0.3) is 0 Å². The van der Waals surface area contributed by atoms with Crippen LogP contribution in [0.4, 0.5) is 28.8 Å². The van der Waals surface area contributed by atoms with Crippen LogP contribution in [0.2, 0.25) is 0 Å².